The fraction of sp³-hybridized carbons (Fsp3) is 0.562. The van der Waals surface area contributed by atoms with Crippen LogP contribution in [0.2, 0.25) is 0 Å². The number of rotatable bonds is 3. The number of nitrogens with zero attached hydrogens (tertiary/aromatic N) is 2. The second-order valence-corrected chi connectivity index (χ2v) is 5.56. The molecule has 0 aliphatic carbocycles. The minimum Gasteiger partial charge on any atom is -0.507 e. The predicted octanol–water partition coefficient (Wildman–Crippen LogP) is 1.96. The van der Waals surface area contributed by atoms with E-state index in [4.69, 9.17) is 4.74 Å². The van der Waals surface area contributed by atoms with Crippen molar-refractivity contribution in [1.82, 2.24) is 9.80 Å². The van der Waals surface area contributed by atoms with E-state index in [2.05, 4.69) is 18.9 Å². The number of aromatic hydroxyl groups is 1. The highest BCUT2D eigenvalue weighted by Gasteiger charge is 2.28. The number of likely N-dealkylation sites (N-methyl/N-ethyl adjacent to an activating group) is 1. The first-order chi connectivity index (χ1) is 10.1. The van der Waals surface area contributed by atoms with Gasteiger partial charge in [0.2, 0.25) is 0 Å². The topological polar surface area (TPSA) is 53.0 Å². The molecule has 5 heteroatoms. The van der Waals surface area contributed by atoms with E-state index in [-0.39, 0.29) is 17.7 Å². The number of benzene rings is 1. The Morgan fingerprint density at radius 2 is 2.19 bits per heavy atom. The number of carbonyl (C=O) groups excluding carboxylic acids is 1. The van der Waals surface area contributed by atoms with Crippen LogP contribution in [-0.2, 0) is 0 Å². The minimum absolute atomic E-state index is 0.00764. The summed E-state index contributed by atoms with van der Waals surface area (Å²) in [5, 5.41) is 10.00. The molecule has 0 spiro atoms. The molecule has 1 atom stereocenters. The Morgan fingerprint density at radius 1 is 1.43 bits per heavy atom. The Morgan fingerprint density at radius 3 is 2.86 bits per heavy atom. The van der Waals surface area contributed by atoms with Crippen molar-refractivity contribution in [2.75, 3.05) is 33.8 Å². The van der Waals surface area contributed by atoms with Gasteiger partial charge in [-0.1, -0.05) is 6.92 Å². The number of amides is 1. The van der Waals surface area contributed by atoms with Gasteiger partial charge in [-0.15, -0.1) is 0 Å². The summed E-state index contributed by atoms with van der Waals surface area (Å²) in [6.45, 7) is 4.67. The molecule has 1 amide bonds. The van der Waals surface area contributed by atoms with Crippen molar-refractivity contribution in [1.29, 1.82) is 0 Å². The third kappa shape index (κ3) is 3.47. The van der Waals surface area contributed by atoms with Gasteiger partial charge in [-0.3, -0.25) is 4.79 Å². The lowest BCUT2D eigenvalue weighted by Crippen LogP contribution is -2.43. The van der Waals surface area contributed by atoms with Gasteiger partial charge in [-0.25, -0.2) is 0 Å². The highest BCUT2D eigenvalue weighted by molar-refractivity contribution is 5.97. The molecule has 21 heavy (non-hydrogen) atoms. The zero-order valence-corrected chi connectivity index (χ0v) is 13.0. The van der Waals surface area contributed by atoms with Crippen molar-refractivity contribution < 1.29 is 14.6 Å². The fourth-order valence-corrected chi connectivity index (χ4v) is 2.83. The number of phenols is 1. The van der Waals surface area contributed by atoms with Gasteiger partial charge in [0.05, 0.1) is 12.7 Å². The summed E-state index contributed by atoms with van der Waals surface area (Å²) in [5.41, 5.74) is 0.317. The third-order valence-electron chi connectivity index (χ3n) is 4.07. The maximum absolute atomic E-state index is 12.8. The van der Waals surface area contributed by atoms with E-state index in [1.54, 1.807) is 19.2 Å². The van der Waals surface area contributed by atoms with Crippen LogP contribution < -0.4 is 4.74 Å². The number of hydrogen-bond acceptors (Lipinski definition) is 4. The summed E-state index contributed by atoms with van der Waals surface area (Å²) in [7, 11) is 3.63. The quantitative estimate of drug-likeness (QED) is 0.925. The summed E-state index contributed by atoms with van der Waals surface area (Å²) < 4.78 is 5.15. The lowest BCUT2D eigenvalue weighted by atomic mass is 10.1. The molecule has 1 aliphatic rings. The molecule has 1 fully saturated rings. The van der Waals surface area contributed by atoms with Gasteiger partial charge in [0, 0.05) is 19.1 Å². The molecule has 1 N–H and O–H groups in total. The van der Waals surface area contributed by atoms with Crippen LogP contribution in [-0.4, -0.2) is 60.6 Å². The first kappa shape index (κ1) is 15.6. The highest BCUT2D eigenvalue weighted by atomic mass is 16.5. The molecular formula is C16H24N2O3. The van der Waals surface area contributed by atoms with Crippen LogP contribution in [0.1, 0.15) is 30.1 Å². The Balaban J connectivity index is 2.28. The number of hydrogen-bond donors (Lipinski definition) is 1. The molecule has 0 radical (unpaired) electrons. The lowest BCUT2D eigenvalue weighted by molar-refractivity contribution is 0.0672. The first-order valence-electron chi connectivity index (χ1n) is 7.43. The number of phenolic OH excluding ortho intramolecular Hbond substituents is 1. The molecule has 1 saturated heterocycles. The Labute approximate surface area is 126 Å². The van der Waals surface area contributed by atoms with E-state index in [9.17, 15) is 9.90 Å². The largest absolute Gasteiger partial charge is 0.507 e. The average molecular weight is 292 g/mol. The molecular weight excluding hydrogens is 268 g/mol. The molecule has 0 aromatic heterocycles. The number of methoxy groups -OCH3 is 1. The molecule has 1 aliphatic heterocycles. The molecule has 0 bridgehead atoms. The molecule has 116 valence electrons. The Hall–Kier alpha value is -1.75. The molecule has 1 aromatic rings. The SMILES string of the molecule is CCC1CN(C)CCCN1C(=O)c1cc(OC)ccc1O. The van der Waals surface area contributed by atoms with Crippen molar-refractivity contribution in [3.8, 4) is 11.5 Å². The van der Waals surface area contributed by atoms with E-state index >= 15 is 0 Å². The van der Waals surface area contributed by atoms with E-state index in [0.29, 0.717) is 11.3 Å². The van der Waals surface area contributed by atoms with Crippen LogP contribution in [0, 0.1) is 0 Å². The number of carbonyl (C=O) groups is 1. The minimum atomic E-state index is -0.117. The van der Waals surface area contributed by atoms with Gasteiger partial charge in [-0.2, -0.15) is 0 Å². The predicted molar refractivity (Wildman–Crippen MR) is 81.9 cm³/mol. The van der Waals surface area contributed by atoms with Gasteiger partial charge in [0.15, 0.2) is 0 Å². The molecule has 0 saturated carbocycles. The van der Waals surface area contributed by atoms with Crippen molar-refractivity contribution in [3.05, 3.63) is 23.8 Å². The van der Waals surface area contributed by atoms with E-state index in [1.807, 2.05) is 4.90 Å². The monoisotopic (exact) mass is 292 g/mol. The summed E-state index contributed by atoms with van der Waals surface area (Å²) in [5.74, 6) is 0.470. The second kappa shape index (κ2) is 6.80. The van der Waals surface area contributed by atoms with E-state index < -0.39 is 0 Å². The van der Waals surface area contributed by atoms with Gasteiger partial charge >= 0.3 is 0 Å². The zero-order valence-electron chi connectivity index (χ0n) is 13.0. The molecule has 1 heterocycles. The maximum Gasteiger partial charge on any atom is 0.258 e. The fourth-order valence-electron chi connectivity index (χ4n) is 2.83. The van der Waals surface area contributed by atoms with Crippen LogP contribution in [0.5, 0.6) is 11.5 Å². The molecule has 1 unspecified atom stereocenters. The standard InChI is InChI=1S/C16H24N2O3/c1-4-12-11-17(2)8-5-9-18(12)16(20)14-10-13(21-3)6-7-15(14)19/h6-7,10,12,19H,4-5,8-9,11H2,1-3H3. The summed E-state index contributed by atoms with van der Waals surface area (Å²) in [4.78, 5) is 17.0. The van der Waals surface area contributed by atoms with Crippen LogP contribution >= 0.6 is 0 Å². The van der Waals surface area contributed by atoms with Gasteiger partial charge in [-0.05, 0) is 44.6 Å². The normalized spacial score (nSPS) is 20.1. The summed E-state index contributed by atoms with van der Waals surface area (Å²) >= 11 is 0. The molecule has 2 rings (SSSR count). The molecule has 5 nitrogen and oxygen atoms in total. The van der Waals surface area contributed by atoms with Crippen molar-refractivity contribution >= 4 is 5.91 Å². The first-order valence-corrected chi connectivity index (χ1v) is 7.43. The third-order valence-corrected chi connectivity index (χ3v) is 4.07. The van der Waals surface area contributed by atoms with Crippen molar-refractivity contribution in [2.24, 2.45) is 0 Å². The Bertz CT molecular complexity index is 504. The van der Waals surface area contributed by atoms with Gasteiger partial charge < -0.3 is 19.6 Å². The van der Waals surface area contributed by atoms with E-state index in [0.717, 1.165) is 32.5 Å². The summed E-state index contributed by atoms with van der Waals surface area (Å²) in [6, 6.07) is 4.95. The molecule has 1 aromatic carbocycles. The average Bonchev–Trinajstić information content (AvgIpc) is 2.68. The second-order valence-electron chi connectivity index (χ2n) is 5.56. The van der Waals surface area contributed by atoms with Crippen molar-refractivity contribution in [2.45, 2.75) is 25.8 Å². The lowest BCUT2D eigenvalue weighted by Gasteiger charge is -2.30. The zero-order chi connectivity index (χ0) is 15.4. The maximum atomic E-state index is 12.8. The smallest absolute Gasteiger partial charge is 0.258 e. The van der Waals surface area contributed by atoms with Gasteiger partial charge in [0.1, 0.15) is 11.5 Å². The van der Waals surface area contributed by atoms with Gasteiger partial charge in [0.25, 0.3) is 5.91 Å². The van der Waals surface area contributed by atoms with E-state index in [1.165, 1.54) is 6.07 Å². The van der Waals surface area contributed by atoms with Crippen LogP contribution in [0.4, 0.5) is 0 Å². The van der Waals surface area contributed by atoms with Crippen LogP contribution in [0.15, 0.2) is 18.2 Å². The number of ether oxygens (including phenoxy) is 1. The van der Waals surface area contributed by atoms with Crippen LogP contribution in [0.3, 0.4) is 0 Å². The van der Waals surface area contributed by atoms with Crippen molar-refractivity contribution in [3.63, 3.8) is 0 Å². The highest BCUT2D eigenvalue weighted by Crippen LogP contribution is 2.26. The van der Waals surface area contributed by atoms with Crippen LogP contribution in [0.25, 0.3) is 0 Å². The summed E-state index contributed by atoms with van der Waals surface area (Å²) in [6.07, 6.45) is 1.85. The Kier molecular flexibility index (Phi) is 5.07.